The average molecular weight is 367 g/mol. The van der Waals surface area contributed by atoms with Crippen molar-refractivity contribution in [1.29, 1.82) is 0 Å². The summed E-state index contributed by atoms with van der Waals surface area (Å²) >= 11 is 1.51. The topological polar surface area (TPSA) is 46.9 Å². The van der Waals surface area contributed by atoms with E-state index in [4.69, 9.17) is 0 Å². The molecule has 4 rings (SSSR count). The first kappa shape index (κ1) is 16.8. The van der Waals surface area contributed by atoms with Crippen molar-refractivity contribution in [2.75, 3.05) is 5.32 Å². The van der Waals surface area contributed by atoms with Crippen molar-refractivity contribution in [2.45, 2.75) is 24.3 Å². The molecule has 1 aromatic heterocycles. The van der Waals surface area contributed by atoms with Gasteiger partial charge in [-0.25, -0.2) is 9.07 Å². The van der Waals surface area contributed by atoms with Crippen LogP contribution in [0.1, 0.15) is 29.0 Å². The average Bonchev–Trinajstić information content (AvgIpc) is 2.88. The fourth-order valence-electron chi connectivity index (χ4n) is 3.20. The second kappa shape index (κ2) is 6.61. The van der Waals surface area contributed by atoms with E-state index in [0.717, 1.165) is 22.5 Å². The largest absolute Gasteiger partial charge is 0.309 e. The molecular weight excluding hydrogens is 349 g/mol. The Bertz CT molecular complexity index is 970. The van der Waals surface area contributed by atoms with Gasteiger partial charge in [-0.2, -0.15) is 5.10 Å². The number of para-hydroxylation sites is 1. The number of hydrogen-bond donors (Lipinski definition) is 1. The molecule has 3 aromatic rings. The summed E-state index contributed by atoms with van der Waals surface area (Å²) in [5.41, 5.74) is 3.44. The van der Waals surface area contributed by atoms with Crippen LogP contribution in [0, 0.1) is 12.7 Å². The maximum absolute atomic E-state index is 13.8. The zero-order chi connectivity index (χ0) is 18.3. The molecule has 0 aliphatic carbocycles. The zero-order valence-electron chi connectivity index (χ0n) is 14.4. The number of nitrogens with one attached hydrogen (secondary N) is 1. The molecule has 2 atom stereocenters. The third-order valence-electron chi connectivity index (χ3n) is 4.47. The van der Waals surface area contributed by atoms with Gasteiger partial charge in [0, 0.05) is 5.56 Å². The van der Waals surface area contributed by atoms with Gasteiger partial charge >= 0.3 is 0 Å². The number of carbonyl (C=O) groups is 1. The molecule has 0 radical (unpaired) electrons. The number of fused-ring (bicyclic) bond motifs is 1. The number of amides is 1. The summed E-state index contributed by atoms with van der Waals surface area (Å²) < 4.78 is 15.6. The maximum Gasteiger partial charge on any atom is 0.238 e. The maximum atomic E-state index is 13.8. The van der Waals surface area contributed by atoms with E-state index < -0.39 is 0 Å². The van der Waals surface area contributed by atoms with Gasteiger partial charge in [-0.15, -0.1) is 11.8 Å². The minimum atomic E-state index is -0.283. The first-order valence-corrected chi connectivity index (χ1v) is 9.35. The molecule has 0 unspecified atom stereocenters. The van der Waals surface area contributed by atoms with Gasteiger partial charge in [-0.1, -0.05) is 30.3 Å². The number of nitrogens with zero attached hydrogens (tertiary/aromatic N) is 2. The van der Waals surface area contributed by atoms with Crippen LogP contribution in [0.5, 0.6) is 0 Å². The van der Waals surface area contributed by atoms with Crippen LogP contribution < -0.4 is 5.32 Å². The van der Waals surface area contributed by atoms with Crippen LogP contribution in [0.4, 0.5) is 10.2 Å². The molecule has 1 aliphatic rings. The number of aromatic nitrogens is 2. The van der Waals surface area contributed by atoms with Crippen molar-refractivity contribution in [1.82, 2.24) is 9.78 Å². The molecule has 2 heterocycles. The van der Waals surface area contributed by atoms with E-state index in [-0.39, 0.29) is 22.2 Å². The summed E-state index contributed by atoms with van der Waals surface area (Å²) in [5.74, 6) is 0.297. The van der Waals surface area contributed by atoms with Crippen molar-refractivity contribution in [3.63, 3.8) is 0 Å². The van der Waals surface area contributed by atoms with Gasteiger partial charge in [0.25, 0.3) is 0 Å². The van der Waals surface area contributed by atoms with E-state index in [1.165, 1.54) is 23.9 Å². The van der Waals surface area contributed by atoms with Crippen LogP contribution in [-0.2, 0) is 4.79 Å². The Hall–Kier alpha value is -2.60. The molecule has 4 nitrogen and oxygen atoms in total. The number of aryl methyl sites for hydroxylation is 1. The molecule has 0 saturated heterocycles. The highest BCUT2D eigenvalue weighted by molar-refractivity contribution is 8.01. The lowest BCUT2D eigenvalue weighted by Gasteiger charge is -2.17. The Morgan fingerprint density at radius 2 is 1.92 bits per heavy atom. The lowest BCUT2D eigenvalue weighted by atomic mass is 10.0. The third-order valence-corrected chi connectivity index (χ3v) is 5.87. The van der Waals surface area contributed by atoms with Gasteiger partial charge in [0.05, 0.1) is 21.9 Å². The minimum absolute atomic E-state index is 0.0766. The number of anilines is 1. The molecule has 132 valence electrons. The number of benzene rings is 2. The molecule has 1 amide bonds. The van der Waals surface area contributed by atoms with Crippen LogP contribution in [0.15, 0.2) is 54.6 Å². The number of halogens is 1. The fourth-order valence-corrected chi connectivity index (χ4v) is 4.51. The van der Waals surface area contributed by atoms with Crippen LogP contribution in [0.25, 0.3) is 5.69 Å². The van der Waals surface area contributed by atoms with Gasteiger partial charge in [-0.3, -0.25) is 4.79 Å². The van der Waals surface area contributed by atoms with E-state index in [2.05, 4.69) is 10.4 Å². The highest BCUT2D eigenvalue weighted by Crippen LogP contribution is 2.46. The zero-order valence-corrected chi connectivity index (χ0v) is 15.3. The summed E-state index contributed by atoms with van der Waals surface area (Å²) in [4.78, 5) is 12.6. The molecule has 0 spiro atoms. The van der Waals surface area contributed by atoms with E-state index in [1.807, 2.05) is 50.2 Å². The molecule has 0 fully saturated rings. The lowest BCUT2D eigenvalue weighted by molar-refractivity contribution is -0.115. The minimum Gasteiger partial charge on any atom is -0.309 e. The first-order chi connectivity index (χ1) is 12.5. The van der Waals surface area contributed by atoms with Crippen molar-refractivity contribution in [2.24, 2.45) is 0 Å². The Kier molecular flexibility index (Phi) is 4.28. The molecule has 6 heteroatoms. The van der Waals surface area contributed by atoms with E-state index in [1.54, 1.807) is 10.7 Å². The summed E-state index contributed by atoms with van der Waals surface area (Å²) in [6.45, 7) is 3.79. The van der Waals surface area contributed by atoms with Crippen molar-refractivity contribution in [3.05, 3.63) is 77.2 Å². The van der Waals surface area contributed by atoms with E-state index >= 15 is 0 Å². The molecular formula is C20H18FN3OS. The van der Waals surface area contributed by atoms with Gasteiger partial charge in [0.2, 0.25) is 5.91 Å². The second-order valence-electron chi connectivity index (χ2n) is 6.30. The molecule has 1 N–H and O–H groups in total. The summed E-state index contributed by atoms with van der Waals surface area (Å²) in [6, 6.07) is 16.2. The first-order valence-electron chi connectivity index (χ1n) is 8.41. The molecule has 26 heavy (non-hydrogen) atoms. The number of carbonyl (C=O) groups excluding carboxylic acids is 1. The fraction of sp³-hybridized carbons (Fsp3) is 0.200. The summed E-state index contributed by atoms with van der Waals surface area (Å²) in [6.07, 6.45) is 0. The van der Waals surface area contributed by atoms with Gasteiger partial charge in [-0.05, 0) is 43.7 Å². The molecule has 0 bridgehead atoms. The third kappa shape index (κ3) is 2.90. The molecule has 0 saturated carbocycles. The van der Waals surface area contributed by atoms with E-state index in [9.17, 15) is 9.18 Å². The normalized spacial score (nSPS) is 19.6. The van der Waals surface area contributed by atoms with Crippen LogP contribution in [0.2, 0.25) is 0 Å². The second-order valence-corrected chi connectivity index (χ2v) is 7.75. The Labute approximate surface area is 155 Å². The standard InChI is InChI=1S/C20H18FN3OS/c1-12-17-18(14-7-6-8-15(21)11-14)26-13(2)20(25)22-19(17)24(23-12)16-9-4-3-5-10-16/h3-11,13,18H,1-2H3,(H,22,25)/t13-,18+/m1/s1. The Balaban J connectivity index is 1.92. The quantitative estimate of drug-likeness (QED) is 0.726. The van der Waals surface area contributed by atoms with Crippen LogP contribution in [0.3, 0.4) is 0 Å². The van der Waals surface area contributed by atoms with Crippen molar-refractivity contribution >= 4 is 23.5 Å². The highest BCUT2D eigenvalue weighted by Gasteiger charge is 2.34. The molecule has 2 aromatic carbocycles. The van der Waals surface area contributed by atoms with Crippen LogP contribution >= 0.6 is 11.8 Å². The Morgan fingerprint density at radius 1 is 1.15 bits per heavy atom. The summed E-state index contributed by atoms with van der Waals surface area (Å²) in [7, 11) is 0. The van der Waals surface area contributed by atoms with Gasteiger partial charge in [0.15, 0.2) is 0 Å². The van der Waals surface area contributed by atoms with Crippen molar-refractivity contribution in [3.8, 4) is 5.69 Å². The van der Waals surface area contributed by atoms with Gasteiger partial charge in [0.1, 0.15) is 11.6 Å². The lowest BCUT2D eigenvalue weighted by Crippen LogP contribution is -2.22. The van der Waals surface area contributed by atoms with Crippen molar-refractivity contribution < 1.29 is 9.18 Å². The monoisotopic (exact) mass is 367 g/mol. The number of thioether (sulfide) groups is 1. The van der Waals surface area contributed by atoms with E-state index in [0.29, 0.717) is 5.82 Å². The highest BCUT2D eigenvalue weighted by atomic mass is 32.2. The SMILES string of the molecule is Cc1nn(-c2ccccc2)c2c1[C@H](c1cccc(F)c1)S[C@H](C)C(=O)N2. The van der Waals surface area contributed by atoms with Crippen LogP contribution in [-0.4, -0.2) is 20.9 Å². The number of hydrogen-bond acceptors (Lipinski definition) is 3. The summed E-state index contributed by atoms with van der Waals surface area (Å²) in [5, 5.41) is 7.24. The Morgan fingerprint density at radius 3 is 2.65 bits per heavy atom. The molecule has 1 aliphatic heterocycles. The predicted octanol–water partition coefficient (Wildman–Crippen LogP) is 4.48. The predicted molar refractivity (Wildman–Crippen MR) is 102 cm³/mol. The van der Waals surface area contributed by atoms with Gasteiger partial charge < -0.3 is 5.32 Å². The smallest absolute Gasteiger partial charge is 0.238 e. The number of rotatable bonds is 2.